The largest absolute Gasteiger partial charge is 0.497 e. The molecule has 0 radical (unpaired) electrons. The number of benzene rings is 2. The monoisotopic (exact) mass is 642 g/mol. The van der Waals surface area contributed by atoms with Gasteiger partial charge in [0.25, 0.3) is 0 Å². The first kappa shape index (κ1) is 36.1. The first-order valence-electron chi connectivity index (χ1n) is 15.0. The number of carbonyl (C=O) groups is 3. The lowest BCUT2D eigenvalue weighted by Gasteiger charge is -2.42. The fourth-order valence-corrected chi connectivity index (χ4v) is 4.80. The Morgan fingerprint density at radius 2 is 1.52 bits per heavy atom. The quantitative estimate of drug-likeness (QED) is 0.308. The molecular formula is C33H47FN6O6. The van der Waals surface area contributed by atoms with Crippen molar-refractivity contribution in [2.75, 3.05) is 41.6 Å². The van der Waals surface area contributed by atoms with Crippen LogP contribution in [0.2, 0.25) is 0 Å². The van der Waals surface area contributed by atoms with Gasteiger partial charge in [0.05, 0.1) is 27.0 Å². The molecule has 2 aromatic carbocycles. The van der Waals surface area contributed by atoms with Crippen LogP contribution < -0.4 is 10.1 Å². The van der Waals surface area contributed by atoms with Crippen LogP contribution in [-0.2, 0) is 22.4 Å². The van der Waals surface area contributed by atoms with E-state index in [2.05, 4.69) is 10.3 Å². The van der Waals surface area contributed by atoms with E-state index in [1.807, 2.05) is 24.3 Å². The van der Waals surface area contributed by atoms with Gasteiger partial charge in [-0.1, -0.05) is 24.3 Å². The molecule has 1 fully saturated rings. The van der Waals surface area contributed by atoms with Crippen molar-refractivity contribution in [3.8, 4) is 5.75 Å². The van der Waals surface area contributed by atoms with Crippen LogP contribution in [0.1, 0.15) is 64.3 Å². The van der Waals surface area contributed by atoms with E-state index >= 15 is 4.39 Å². The Hall–Kier alpha value is -4.39. The molecule has 0 saturated carbocycles. The number of amides is 4. The van der Waals surface area contributed by atoms with Gasteiger partial charge in [-0.2, -0.15) is 0 Å². The zero-order valence-corrected chi connectivity index (χ0v) is 28.5. The molecule has 0 bridgehead atoms. The van der Waals surface area contributed by atoms with Gasteiger partial charge in [0.2, 0.25) is 5.96 Å². The van der Waals surface area contributed by atoms with Crippen molar-refractivity contribution < 1.29 is 33.0 Å². The minimum Gasteiger partial charge on any atom is -0.497 e. The highest BCUT2D eigenvalue weighted by atomic mass is 19.1. The highest BCUT2D eigenvalue weighted by molar-refractivity contribution is 5.99. The number of guanidine groups is 1. The predicted molar refractivity (Wildman–Crippen MR) is 173 cm³/mol. The highest BCUT2D eigenvalue weighted by Crippen LogP contribution is 2.25. The SMILES string of the molecule is CNC(Cc1ccc(OC)cc1)c1ccc(CN(C(=O)OC(C)(C)C)C(=NC(=O)OC(C)(C)C)N2CN(C)C(=O)N(C)C2)cc1F. The molecule has 1 aliphatic rings. The van der Waals surface area contributed by atoms with Crippen LogP contribution in [0.25, 0.3) is 0 Å². The first-order valence-corrected chi connectivity index (χ1v) is 15.0. The van der Waals surface area contributed by atoms with Crippen LogP contribution in [0, 0.1) is 5.82 Å². The lowest BCUT2D eigenvalue weighted by molar-refractivity contribution is 0.0300. The molecule has 1 heterocycles. The summed E-state index contributed by atoms with van der Waals surface area (Å²) in [5.74, 6) is 0.161. The molecule has 3 rings (SSSR count). The maximum atomic E-state index is 15.8. The number of hydrogen-bond donors (Lipinski definition) is 1. The maximum absolute atomic E-state index is 15.8. The molecule has 0 aromatic heterocycles. The van der Waals surface area contributed by atoms with Crippen LogP contribution in [0.5, 0.6) is 5.75 Å². The van der Waals surface area contributed by atoms with E-state index in [4.69, 9.17) is 14.2 Å². The second-order valence-electron chi connectivity index (χ2n) is 13.2. The normalized spacial score (nSPS) is 15.1. The number of nitrogens with one attached hydrogen (secondary N) is 1. The molecule has 0 spiro atoms. The molecule has 252 valence electrons. The van der Waals surface area contributed by atoms with Crippen molar-refractivity contribution in [2.24, 2.45) is 4.99 Å². The number of ether oxygens (including phenoxy) is 3. The molecule has 46 heavy (non-hydrogen) atoms. The summed E-state index contributed by atoms with van der Waals surface area (Å²) in [6.45, 7) is 10.1. The molecule has 13 heteroatoms. The Morgan fingerprint density at radius 3 is 2.02 bits per heavy atom. The molecule has 1 unspecified atom stereocenters. The fourth-order valence-electron chi connectivity index (χ4n) is 4.80. The van der Waals surface area contributed by atoms with E-state index in [0.717, 1.165) is 16.2 Å². The number of likely N-dealkylation sites (N-methyl/N-ethyl adjacent to an activating group) is 1. The molecule has 1 aliphatic heterocycles. The van der Waals surface area contributed by atoms with Crippen molar-refractivity contribution in [3.63, 3.8) is 0 Å². The lowest BCUT2D eigenvalue weighted by atomic mass is 9.97. The highest BCUT2D eigenvalue weighted by Gasteiger charge is 2.35. The van der Waals surface area contributed by atoms with E-state index in [1.165, 1.54) is 15.9 Å². The summed E-state index contributed by atoms with van der Waals surface area (Å²) < 4.78 is 32.2. The standard InChI is InChI=1S/C33H47FN6O6/c1-32(2,3)45-29(41)36-28(39-20-37(8)30(42)38(9)21-39)40(31(43)46-33(4,5)6)19-23-13-16-25(26(34)17-23)27(35-7)18-22-11-14-24(44-10)15-12-22/h11-17,27,35H,18-21H2,1-10H3. The Morgan fingerprint density at radius 1 is 0.957 bits per heavy atom. The van der Waals surface area contributed by atoms with Crippen molar-refractivity contribution in [3.05, 3.63) is 65.0 Å². The van der Waals surface area contributed by atoms with E-state index in [-0.39, 0.29) is 37.9 Å². The minimum atomic E-state index is -0.935. The smallest absolute Gasteiger partial charge is 0.437 e. The zero-order valence-electron chi connectivity index (χ0n) is 28.5. The predicted octanol–water partition coefficient (Wildman–Crippen LogP) is 5.58. The van der Waals surface area contributed by atoms with Gasteiger partial charge < -0.3 is 34.2 Å². The van der Waals surface area contributed by atoms with Crippen molar-refractivity contribution in [1.29, 1.82) is 0 Å². The second kappa shape index (κ2) is 14.8. The van der Waals surface area contributed by atoms with Gasteiger partial charge in [-0.05, 0) is 84.3 Å². The molecular weight excluding hydrogens is 595 g/mol. The van der Waals surface area contributed by atoms with Crippen LogP contribution in [0.15, 0.2) is 47.5 Å². The minimum absolute atomic E-state index is 0.0204. The molecule has 1 N–H and O–H groups in total. The molecule has 0 aliphatic carbocycles. The number of nitrogens with zero attached hydrogens (tertiary/aromatic N) is 5. The van der Waals surface area contributed by atoms with Crippen molar-refractivity contribution >= 4 is 24.2 Å². The number of rotatable bonds is 7. The Kier molecular flexibility index (Phi) is 11.6. The third-order valence-electron chi connectivity index (χ3n) is 6.87. The average molecular weight is 643 g/mol. The summed E-state index contributed by atoms with van der Waals surface area (Å²) in [5.41, 5.74) is 0.124. The summed E-state index contributed by atoms with van der Waals surface area (Å²) in [4.78, 5) is 49.0. The Labute approximate surface area is 271 Å². The average Bonchev–Trinajstić information content (AvgIpc) is 2.95. The number of aliphatic imine (C=N–C) groups is 1. The fraction of sp³-hybridized carbons (Fsp3) is 0.515. The number of hydrogen-bond acceptors (Lipinski definition) is 7. The third-order valence-corrected chi connectivity index (χ3v) is 6.87. The van der Waals surface area contributed by atoms with Gasteiger partial charge in [-0.3, -0.25) is 0 Å². The molecule has 1 saturated heterocycles. The van der Waals surface area contributed by atoms with Gasteiger partial charge in [0, 0.05) is 25.7 Å². The Balaban J connectivity index is 2.02. The summed E-state index contributed by atoms with van der Waals surface area (Å²) in [6.07, 6.45) is -1.22. The number of halogens is 1. The van der Waals surface area contributed by atoms with Gasteiger partial charge in [-0.15, -0.1) is 4.99 Å². The van der Waals surface area contributed by atoms with Crippen LogP contribution in [0.3, 0.4) is 0 Å². The van der Waals surface area contributed by atoms with E-state index in [0.29, 0.717) is 17.5 Å². The third kappa shape index (κ3) is 10.1. The number of methoxy groups -OCH3 is 1. The second-order valence-corrected chi connectivity index (χ2v) is 13.2. The van der Waals surface area contributed by atoms with Crippen molar-refractivity contribution in [1.82, 2.24) is 24.9 Å². The van der Waals surface area contributed by atoms with E-state index in [1.54, 1.807) is 86.8 Å². The van der Waals surface area contributed by atoms with E-state index < -0.39 is 29.2 Å². The number of carbonyl (C=O) groups excluding carboxylic acids is 3. The van der Waals surface area contributed by atoms with Gasteiger partial charge >= 0.3 is 18.2 Å². The van der Waals surface area contributed by atoms with Crippen LogP contribution in [0.4, 0.5) is 18.8 Å². The van der Waals surface area contributed by atoms with Gasteiger partial charge in [0.1, 0.15) is 22.8 Å². The van der Waals surface area contributed by atoms with E-state index in [9.17, 15) is 14.4 Å². The molecule has 2 aromatic rings. The summed E-state index contributed by atoms with van der Waals surface area (Å²) in [5, 5.41) is 3.18. The van der Waals surface area contributed by atoms with Gasteiger partial charge in [-0.25, -0.2) is 23.7 Å². The molecule has 4 amide bonds. The lowest BCUT2D eigenvalue weighted by Crippen LogP contribution is -2.60. The van der Waals surface area contributed by atoms with Crippen molar-refractivity contribution in [2.45, 2.75) is 71.8 Å². The Bertz CT molecular complexity index is 1410. The first-order chi connectivity index (χ1) is 21.4. The summed E-state index contributed by atoms with van der Waals surface area (Å²) in [6, 6.07) is 11.8. The van der Waals surface area contributed by atoms with Crippen LogP contribution >= 0.6 is 0 Å². The maximum Gasteiger partial charge on any atom is 0.437 e. The summed E-state index contributed by atoms with van der Waals surface area (Å²) in [7, 11) is 6.55. The topological polar surface area (TPSA) is 116 Å². The molecule has 12 nitrogen and oxygen atoms in total. The summed E-state index contributed by atoms with van der Waals surface area (Å²) >= 11 is 0. The van der Waals surface area contributed by atoms with Gasteiger partial charge in [0.15, 0.2) is 0 Å². The molecule has 1 atom stereocenters. The zero-order chi connectivity index (χ0) is 34.4. The number of urea groups is 1. The van der Waals surface area contributed by atoms with Crippen LogP contribution in [-0.4, -0.2) is 96.6 Å².